The normalized spacial score (nSPS) is 10.6. The van der Waals surface area contributed by atoms with Crippen LogP contribution in [-0.4, -0.2) is 48.5 Å². The largest absolute Gasteiger partial charge is 0.385 e. The number of hydrogen-bond donors (Lipinski definition) is 1. The molecule has 0 aliphatic rings. The second kappa shape index (κ2) is 9.51. The predicted molar refractivity (Wildman–Crippen MR) is 96.6 cm³/mol. The first-order chi connectivity index (χ1) is 11.6. The number of thiophene rings is 1. The summed E-state index contributed by atoms with van der Waals surface area (Å²) in [5, 5.41) is 7.11. The molecular formula is C16H21N3O3S2. The van der Waals surface area contributed by atoms with E-state index in [1.54, 1.807) is 23.3 Å². The third kappa shape index (κ3) is 6.03. The topological polar surface area (TPSA) is 71.5 Å². The number of amides is 2. The SMILES string of the molecule is COCCCN(CC(=O)Nc1nc(C)cs1)C(=O)Cc1cccs1. The molecule has 0 fully saturated rings. The van der Waals surface area contributed by atoms with Crippen LogP contribution >= 0.6 is 22.7 Å². The van der Waals surface area contributed by atoms with E-state index in [1.165, 1.54) is 11.3 Å². The van der Waals surface area contributed by atoms with E-state index in [2.05, 4.69) is 10.3 Å². The van der Waals surface area contributed by atoms with E-state index in [4.69, 9.17) is 4.74 Å². The van der Waals surface area contributed by atoms with Gasteiger partial charge in [0.05, 0.1) is 18.7 Å². The number of rotatable bonds is 9. The first-order valence-electron chi connectivity index (χ1n) is 7.59. The number of aromatic nitrogens is 1. The van der Waals surface area contributed by atoms with E-state index >= 15 is 0 Å². The maximum atomic E-state index is 12.5. The van der Waals surface area contributed by atoms with Gasteiger partial charge in [-0.2, -0.15) is 0 Å². The van der Waals surface area contributed by atoms with Gasteiger partial charge >= 0.3 is 0 Å². The summed E-state index contributed by atoms with van der Waals surface area (Å²) in [5.41, 5.74) is 0.862. The molecule has 2 rings (SSSR count). The summed E-state index contributed by atoms with van der Waals surface area (Å²) in [5.74, 6) is -0.291. The van der Waals surface area contributed by atoms with Gasteiger partial charge in [-0.1, -0.05) is 6.07 Å². The van der Waals surface area contributed by atoms with E-state index in [9.17, 15) is 9.59 Å². The van der Waals surface area contributed by atoms with Crippen LogP contribution in [0, 0.1) is 6.92 Å². The zero-order chi connectivity index (χ0) is 17.4. The van der Waals surface area contributed by atoms with Crippen molar-refractivity contribution in [2.45, 2.75) is 19.8 Å². The van der Waals surface area contributed by atoms with Crippen molar-refractivity contribution < 1.29 is 14.3 Å². The average molecular weight is 367 g/mol. The number of nitrogens with zero attached hydrogens (tertiary/aromatic N) is 2. The lowest BCUT2D eigenvalue weighted by Crippen LogP contribution is -2.39. The molecule has 0 aliphatic heterocycles. The van der Waals surface area contributed by atoms with Crippen LogP contribution < -0.4 is 5.32 Å². The van der Waals surface area contributed by atoms with Gasteiger partial charge in [0.15, 0.2) is 5.13 Å². The summed E-state index contributed by atoms with van der Waals surface area (Å²) in [6.45, 7) is 2.93. The summed E-state index contributed by atoms with van der Waals surface area (Å²) >= 11 is 2.91. The molecule has 2 aromatic heterocycles. The van der Waals surface area contributed by atoms with Gasteiger partial charge in [-0.15, -0.1) is 22.7 Å². The van der Waals surface area contributed by atoms with Crippen LogP contribution in [0.15, 0.2) is 22.9 Å². The van der Waals surface area contributed by atoms with Crippen molar-refractivity contribution in [2.75, 3.05) is 32.1 Å². The van der Waals surface area contributed by atoms with E-state index in [0.717, 1.165) is 10.6 Å². The summed E-state index contributed by atoms with van der Waals surface area (Å²) in [7, 11) is 1.62. The number of aryl methyl sites for hydroxylation is 1. The van der Waals surface area contributed by atoms with Crippen molar-refractivity contribution in [2.24, 2.45) is 0 Å². The third-order valence-electron chi connectivity index (χ3n) is 3.23. The first-order valence-corrected chi connectivity index (χ1v) is 9.35. The lowest BCUT2D eigenvalue weighted by molar-refractivity contribution is -0.134. The molecule has 2 aromatic rings. The molecule has 0 aliphatic carbocycles. The second-order valence-electron chi connectivity index (χ2n) is 5.26. The van der Waals surface area contributed by atoms with Crippen LogP contribution in [0.1, 0.15) is 17.0 Å². The molecule has 6 nitrogen and oxygen atoms in total. The highest BCUT2D eigenvalue weighted by molar-refractivity contribution is 7.13. The molecule has 1 N–H and O–H groups in total. The van der Waals surface area contributed by atoms with Crippen molar-refractivity contribution in [1.82, 2.24) is 9.88 Å². The van der Waals surface area contributed by atoms with Gasteiger partial charge in [-0.25, -0.2) is 4.98 Å². The zero-order valence-corrected chi connectivity index (χ0v) is 15.4. The van der Waals surface area contributed by atoms with Crippen LogP contribution in [0.3, 0.4) is 0 Å². The molecule has 130 valence electrons. The van der Waals surface area contributed by atoms with Gasteiger partial charge in [-0.3, -0.25) is 9.59 Å². The highest BCUT2D eigenvalue weighted by Gasteiger charge is 2.18. The van der Waals surface area contributed by atoms with Crippen LogP contribution in [0.2, 0.25) is 0 Å². The molecule has 0 atom stereocenters. The molecule has 0 radical (unpaired) electrons. The lowest BCUT2D eigenvalue weighted by atomic mass is 10.3. The third-order valence-corrected chi connectivity index (χ3v) is 4.99. The van der Waals surface area contributed by atoms with Crippen LogP contribution in [0.4, 0.5) is 5.13 Å². The van der Waals surface area contributed by atoms with Crippen molar-refractivity contribution in [3.8, 4) is 0 Å². The number of anilines is 1. The Bertz CT molecular complexity index is 655. The molecular weight excluding hydrogens is 346 g/mol. The Hall–Kier alpha value is -1.77. The number of nitrogens with one attached hydrogen (secondary N) is 1. The molecule has 0 saturated heterocycles. The molecule has 0 unspecified atom stereocenters. The average Bonchev–Trinajstić information content (AvgIpc) is 3.18. The molecule has 0 saturated carbocycles. The second-order valence-corrected chi connectivity index (χ2v) is 7.15. The highest BCUT2D eigenvalue weighted by atomic mass is 32.1. The maximum Gasteiger partial charge on any atom is 0.245 e. The van der Waals surface area contributed by atoms with Crippen LogP contribution in [-0.2, 0) is 20.7 Å². The number of methoxy groups -OCH3 is 1. The Kier molecular flexibility index (Phi) is 7.36. The Morgan fingerprint density at radius 2 is 2.21 bits per heavy atom. The van der Waals surface area contributed by atoms with E-state index in [1.807, 2.05) is 29.8 Å². The molecule has 0 spiro atoms. The van der Waals surface area contributed by atoms with Crippen molar-refractivity contribution in [3.63, 3.8) is 0 Å². The van der Waals surface area contributed by atoms with Gasteiger partial charge in [-0.05, 0) is 24.8 Å². The molecule has 2 heterocycles. The van der Waals surface area contributed by atoms with Gasteiger partial charge in [0.25, 0.3) is 0 Å². The molecule has 24 heavy (non-hydrogen) atoms. The minimum atomic E-state index is -0.235. The number of carbonyl (C=O) groups excluding carboxylic acids is 2. The highest BCUT2D eigenvalue weighted by Crippen LogP contribution is 2.15. The van der Waals surface area contributed by atoms with Crippen molar-refractivity contribution in [3.05, 3.63) is 33.5 Å². The van der Waals surface area contributed by atoms with Gasteiger partial charge < -0.3 is 15.0 Å². The molecule has 8 heteroatoms. The molecule has 0 bridgehead atoms. The van der Waals surface area contributed by atoms with Gasteiger partial charge in [0, 0.05) is 30.5 Å². The lowest BCUT2D eigenvalue weighted by Gasteiger charge is -2.21. The van der Waals surface area contributed by atoms with E-state index in [0.29, 0.717) is 31.1 Å². The minimum absolute atomic E-state index is 0.0204. The number of ether oxygens (including phenoxy) is 1. The zero-order valence-electron chi connectivity index (χ0n) is 13.8. The fourth-order valence-corrected chi connectivity index (χ4v) is 3.51. The van der Waals surface area contributed by atoms with Crippen LogP contribution in [0.5, 0.6) is 0 Å². The fraction of sp³-hybridized carbons (Fsp3) is 0.438. The summed E-state index contributed by atoms with van der Waals surface area (Å²) in [6.07, 6.45) is 1.00. The quantitative estimate of drug-likeness (QED) is 0.692. The van der Waals surface area contributed by atoms with Crippen molar-refractivity contribution >= 4 is 39.6 Å². The predicted octanol–water partition coefficient (Wildman–Crippen LogP) is 2.56. The summed E-state index contributed by atoms with van der Waals surface area (Å²) in [6, 6.07) is 3.84. The smallest absolute Gasteiger partial charge is 0.245 e. The Balaban J connectivity index is 1.93. The molecule has 0 aromatic carbocycles. The number of carbonyl (C=O) groups is 2. The van der Waals surface area contributed by atoms with Gasteiger partial charge in [0.2, 0.25) is 11.8 Å². The summed E-state index contributed by atoms with van der Waals surface area (Å²) in [4.78, 5) is 31.5. The van der Waals surface area contributed by atoms with Gasteiger partial charge in [0.1, 0.15) is 0 Å². The number of hydrogen-bond acceptors (Lipinski definition) is 6. The van der Waals surface area contributed by atoms with Crippen molar-refractivity contribution in [1.29, 1.82) is 0 Å². The monoisotopic (exact) mass is 367 g/mol. The minimum Gasteiger partial charge on any atom is -0.385 e. The Labute approximate surface area is 149 Å². The standard InChI is InChI=1S/C16H21N3O3S2/c1-12-11-24-16(17-12)18-14(20)10-19(6-4-7-22-2)15(21)9-13-5-3-8-23-13/h3,5,8,11H,4,6-7,9-10H2,1-2H3,(H,17,18,20). The Morgan fingerprint density at radius 3 is 2.83 bits per heavy atom. The van der Waals surface area contributed by atoms with E-state index in [-0.39, 0.29) is 18.4 Å². The fourth-order valence-electron chi connectivity index (χ4n) is 2.11. The number of thiazole rings is 1. The summed E-state index contributed by atoms with van der Waals surface area (Å²) < 4.78 is 5.04. The Morgan fingerprint density at radius 1 is 1.38 bits per heavy atom. The maximum absolute atomic E-state index is 12.5. The van der Waals surface area contributed by atoms with E-state index < -0.39 is 0 Å². The molecule has 2 amide bonds. The first kappa shape index (κ1) is 18.6. The van der Waals surface area contributed by atoms with Crippen LogP contribution in [0.25, 0.3) is 0 Å².